The summed E-state index contributed by atoms with van der Waals surface area (Å²) in [6, 6.07) is 36.6. The van der Waals surface area contributed by atoms with Crippen molar-refractivity contribution in [2.75, 3.05) is 6.61 Å². The lowest BCUT2D eigenvalue weighted by atomic mass is 9.69. The molecule has 198 valence electrons. The zero-order chi connectivity index (χ0) is 26.4. The monoisotopic (exact) mass is 516 g/mol. The average molecular weight is 517 g/mol. The molecule has 0 aromatic heterocycles. The van der Waals surface area contributed by atoms with Gasteiger partial charge < -0.3 is 9.47 Å². The Morgan fingerprint density at radius 2 is 1.44 bits per heavy atom. The van der Waals surface area contributed by atoms with Crippen molar-refractivity contribution < 1.29 is 14.3 Å². The molecule has 1 fully saturated rings. The maximum atomic E-state index is 11.6. The summed E-state index contributed by atoms with van der Waals surface area (Å²) in [6.45, 7) is 1.25. The lowest BCUT2D eigenvalue weighted by Gasteiger charge is -2.35. The van der Waals surface area contributed by atoms with E-state index in [4.69, 9.17) is 9.47 Å². The van der Waals surface area contributed by atoms with E-state index < -0.39 is 0 Å². The molecule has 4 aromatic carbocycles. The van der Waals surface area contributed by atoms with Crippen LogP contribution in [-0.4, -0.2) is 12.4 Å². The fraction of sp³-hybridized carbons (Fsp3) is 0.306. The summed E-state index contributed by atoms with van der Waals surface area (Å²) in [5.74, 6) is 3.42. The third-order valence-corrected chi connectivity index (χ3v) is 8.43. The van der Waals surface area contributed by atoms with Gasteiger partial charge in [-0.3, -0.25) is 4.79 Å². The molecule has 0 bridgehead atoms. The van der Waals surface area contributed by atoms with Crippen LogP contribution in [0.4, 0.5) is 0 Å². The Balaban J connectivity index is 1.21. The second kappa shape index (κ2) is 11.9. The van der Waals surface area contributed by atoms with Crippen LogP contribution >= 0.6 is 0 Å². The Kier molecular flexibility index (Phi) is 7.76. The van der Waals surface area contributed by atoms with Gasteiger partial charge in [-0.25, -0.2) is 0 Å². The van der Waals surface area contributed by atoms with Crippen molar-refractivity contribution in [3.8, 4) is 11.5 Å². The Bertz CT molecular complexity index is 1380. The SMILES string of the molecule is O=C1CCC(CCOc2ccc([C@@H]3c4ccc(OCc5ccccc5)cc4CC[C@@H]3c3ccccc3)cc2)C1. The van der Waals surface area contributed by atoms with Crippen molar-refractivity contribution in [3.05, 3.63) is 131 Å². The van der Waals surface area contributed by atoms with Crippen LogP contribution in [0.2, 0.25) is 0 Å². The minimum atomic E-state index is 0.276. The number of carbonyl (C=O) groups is 1. The number of Topliss-reactive ketones (excluding diaryl/α,β-unsaturated/α-hetero) is 1. The summed E-state index contributed by atoms with van der Waals surface area (Å²) in [5.41, 5.74) is 6.66. The summed E-state index contributed by atoms with van der Waals surface area (Å²) < 4.78 is 12.2. The molecule has 3 atom stereocenters. The number of rotatable bonds is 9. The molecule has 0 radical (unpaired) electrons. The number of ether oxygens (including phenoxy) is 2. The van der Waals surface area contributed by atoms with Crippen molar-refractivity contribution in [1.82, 2.24) is 0 Å². The second-order valence-corrected chi connectivity index (χ2v) is 11.0. The average Bonchev–Trinajstić information content (AvgIpc) is 3.41. The first-order chi connectivity index (χ1) is 19.2. The quantitative estimate of drug-likeness (QED) is 0.225. The standard InChI is InChI=1S/C36H36O3/c37-31-15-11-26(23-31)21-22-38-32-16-12-29(13-17-32)36-34(28-9-5-2-6-10-28)19-14-30-24-33(18-20-35(30)36)39-25-27-7-3-1-4-8-27/h1-10,12-13,16-18,20,24,26,34,36H,11,14-15,19,21-23,25H2/t26?,34-,36+/m1/s1. The van der Waals surface area contributed by atoms with Crippen molar-refractivity contribution in [2.24, 2.45) is 5.92 Å². The molecule has 1 unspecified atom stereocenters. The first-order valence-corrected chi connectivity index (χ1v) is 14.3. The van der Waals surface area contributed by atoms with Crippen molar-refractivity contribution in [3.63, 3.8) is 0 Å². The van der Waals surface area contributed by atoms with Crippen LogP contribution in [0.1, 0.15) is 71.8 Å². The lowest BCUT2D eigenvalue weighted by Crippen LogP contribution is -2.20. The van der Waals surface area contributed by atoms with E-state index in [1.807, 2.05) is 18.2 Å². The third-order valence-electron chi connectivity index (χ3n) is 8.43. The van der Waals surface area contributed by atoms with Gasteiger partial charge >= 0.3 is 0 Å². The summed E-state index contributed by atoms with van der Waals surface area (Å²) in [6.07, 6.45) is 5.58. The Labute approximate surface area is 231 Å². The Hall–Kier alpha value is -3.85. The highest BCUT2D eigenvalue weighted by Gasteiger charge is 2.32. The summed E-state index contributed by atoms with van der Waals surface area (Å²) in [4.78, 5) is 11.6. The third kappa shape index (κ3) is 6.09. The van der Waals surface area contributed by atoms with Crippen LogP contribution < -0.4 is 9.47 Å². The highest BCUT2D eigenvalue weighted by molar-refractivity contribution is 5.80. The molecule has 0 spiro atoms. The van der Waals surface area contributed by atoms with Crippen LogP contribution in [0.15, 0.2) is 103 Å². The van der Waals surface area contributed by atoms with Crippen LogP contribution in [0.25, 0.3) is 0 Å². The number of benzene rings is 4. The molecule has 4 aromatic rings. The van der Waals surface area contributed by atoms with Gasteiger partial charge in [-0.15, -0.1) is 0 Å². The summed E-state index contributed by atoms with van der Waals surface area (Å²) >= 11 is 0. The molecular weight excluding hydrogens is 480 g/mol. The van der Waals surface area contributed by atoms with Crippen LogP contribution in [-0.2, 0) is 17.8 Å². The molecule has 39 heavy (non-hydrogen) atoms. The van der Waals surface area contributed by atoms with E-state index in [-0.39, 0.29) is 5.92 Å². The molecule has 0 aliphatic heterocycles. The molecule has 0 heterocycles. The fourth-order valence-electron chi connectivity index (χ4n) is 6.35. The van der Waals surface area contributed by atoms with Crippen LogP contribution in [0.3, 0.4) is 0 Å². The zero-order valence-corrected chi connectivity index (χ0v) is 22.4. The van der Waals surface area contributed by atoms with Gasteiger partial charge in [-0.1, -0.05) is 78.9 Å². The molecule has 0 saturated heterocycles. The maximum Gasteiger partial charge on any atom is 0.133 e. The molecule has 1 saturated carbocycles. The second-order valence-electron chi connectivity index (χ2n) is 11.0. The predicted molar refractivity (Wildman–Crippen MR) is 155 cm³/mol. The van der Waals surface area contributed by atoms with Gasteiger partial charge in [0.05, 0.1) is 6.61 Å². The van der Waals surface area contributed by atoms with E-state index in [2.05, 4.69) is 84.9 Å². The number of aryl methyl sites for hydroxylation is 1. The van der Waals surface area contributed by atoms with Crippen LogP contribution in [0.5, 0.6) is 11.5 Å². The van der Waals surface area contributed by atoms with Gasteiger partial charge in [0.15, 0.2) is 0 Å². The van der Waals surface area contributed by atoms with Crippen molar-refractivity contribution >= 4 is 5.78 Å². The smallest absolute Gasteiger partial charge is 0.133 e. The minimum absolute atomic E-state index is 0.276. The molecule has 2 aliphatic carbocycles. The molecule has 2 aliphatic rings. The van der Waals surface area contributed by atoms with Gasteiger partial charge in [-0.2, -0.15) is 0 Å². The summed E-state index contributed by atoms with van der Waals surface area (Å²) in [5, 5.41) is 0. The number of hydrogen-bond donors (Lipinski definition) is 0. The number of carbonyl (C=O) groups excluding carboxylic acids is 1. The van der Waals surface area contributed by atoms with Gasteiger partial charge in [0.25, 0.3) is 0 Å². The lowest BCUT2D eigenvalue weighted by molar-refractivity contribution is -0.117. The molecule has 6 rings (SSSR count). The maximum absolute atomic E-state index is 11.6. The summed E-state index contributed by atoms with van der Waals surface area (Å²) in [7, 11) is 0. The first kappa shape index (κ1) is 25.4. The molecule has 3 heteroatoms. The van der Waals surface area contributed by atoms with E-state index in [1.165, 1.54) is 27.8 Å². The van der Waals surface area contributed by atoms with Crippen molar-refractivity contribution in [1.29, 1.82) is 0 Å². The van der Waals surface area contributed by atoms with Gasteiger partial charge in [-0.05, 0) is 89.6 Å². The number of ketones is 1. The van der Waals surface area contributed by atoms with E-state index in [0.717, 1.165) is 50.0 Å². The molecule has 0 N–H and O–H groups in total. The van der Waals surface area contributed by atoms with E-state index in [9.17, 15) is 4.79 Å². The highest BCUT2D eigenvalue weighted by atomic mass is 16.5. The Morgan fingerprint density at radius 3 is 2.18 bits per heavy atom. The molecule has 0 amide bonds. The topological polar surface area (TPSA) is 35.5 Å². The largest absolute Gasteiger partial charge is 0.494 e. The normalized spacial score (nSPS) is 20.4. The van der Waals surface area contributed by atoms with Crippen molar-refractivity contribution in [2.45, 2.75) is 57.0 Å². The zero-order valence-electron chi connectivity index (χ0n) is 22.4. The number of hydrogen-bond acceptors (Lipinski definition) is 3. The van der Waals surface area contributed by atoms with E-state index in [0.29, 0.717) is 30.8 Å². The van der Waals surface area contributed by atoms with E-state index in [1.54, 1.807) is 0 Å². The fourth-order valence-corrected chi connectivity index (χ4v) is 6.35. The van der Waals surface area contributed by atoms with Gasteiger partial charge in [0.1, 0.15) is 23.9 Å². The molecule has 3 nitrogen and oxygen atoms in total. The molecular formula is C36H36O3. The first-order valence-electron chi connectivity index (χ1n) is 14.3. The highest BCUT2D eigenvalue weighted by Crippen LogP contribution is 2.47. The minimum Gasteiger partial charge on any atom is -0.494 e. The van der Waals surface area contributed by atoms with E-state index >= 15 is 0 Å². The number of fused-ring (bicyclic) bond motifs is 1. The van der Waals surface area contributed by atoms with Gasteiger partial charge in [0, 0.05) is 18.8 Å². The Morgan fingerprint density at radius 1 is 0.692 bits per heavy atom. The van der Waals surface area contributed by atoms with Crippen LogP contribution in [0, 0.1) is 5.92 Å². The predicted octanol–water partition coefficient (Wildman–Crippen LogP) is 8.27. The van der Waals surface area contributed by atoms with Gasteiger partial charge in [0.2, 0.25) is 0 Å².